The van der Waals surface area contributed by atoms with E-state index in [1.165, 1.54) is 6.07 Å². The van der Waals surface area contributed by atoms with E-state index in [0.29, 0.717) is 56.4 Å². The van der Waals surface area contributed by atoms with Crippen LogP contribution in [0.1, 0.15) is 47.7 Å². The lowest BCUT2D eigenvalue weighted by molar-refractivity contribution is -0.145. The standard InChI is InChI=1S/C25H27N3O6S/c29-24(27-13-15-33-16-14-27)23(18-7-3-1-4-8-18)34-25(30)19-10-11-20-21(17-19)35(31,32)26-22-9-5-2-6-12-28(20)22/h1,3-4,7-8,10-11,17,23H,2,5-6,9,12-16H2. The molecule has 3 aliphatic rings. The largest absolute Gasteiger partial charge is 0.444 e. The van der Waals surface area contributed by atoms with Crippen LogP contribution in [0.25, 0.3) is 0 Å². The first-order chi connectivity index (χ1) is 16.9. The molecule has 0 aliphatic carbocycles. The van der Waals surface area contributed by atoms with Crippen molar-refractivity contribution in [2.75, 3.05) is 37.7 Å². The minimum Gasteiger partial charge on any atom is -0.444 e. The van der Waals surface area contributed by atoms with Gasteiger partial charge in [-0.05, 0) is 31.0 Å². The number of fused-ring (bicyclic) bond motifs is 3. The number of nitrogens with zero attached hydrogens (tertiary/aromatic N) is 3. The Morgan fingerprint density at radius 3 is 2.51 bits per heavy atom. The Morgan fingerprint density at radius 2 is 1.74 bits per heavy atom. The number of rotatable bonds is 4. The molecule has 0 spiro atoms. The molecule has 3 aliphatic heterocycles. The maximum atomic E-state index is 13.3. The number of hydrogen-bond acceptors (Lipinski definition) is 7. The highest BCUT2D eigenvalue weighted by atomic mass is 32.2. The fourth-order valence-corrected chi connectivity index (χ4v) is 5.90. The Bertz CT molecular complexity index is 1260. The second-order valence-corrected chi connectivity index (χ2v) is 10.3. The van der Waals surface area contributed by atoms with Crippen LogP contribution in [-0.2, 0) is 24.3 Å². The summed E-state index contributed by atoms with van der Waals surface area (Å²) in [5.74, 6) is -0.563. The molecule has 0 radical (unpaired) electrons. The van der Waals surface area contributed by atoms with Crippen molar-refractivity contribution >= 4 is 33.4 Å². The van der Waals surface area contributed by atoms with E-state index < -0.39 is 22.1 Å². The molecule has 2 aromatic rings. The summed E-state index contributed by atoms with van der Waals surface area (Å²) in [5, 5.41) is 0. The molecular formula is C25H27N3O6S. The number of carbonyl (C=O) groups is 2. The first-order valence-electron chi connectivity index (χ1n) is 11.8. The zero-order chi connectivity index (χ0) is 24.4. The summed E-state index contributed by atoms with van der Waals surface area (Å²) in [6.07, 6.45) is 2.29. The highest BCUT2D eigenvalue weighted by Gasteiger charge is 2.34. The maximum absolute atomic E-state index is 13.3. The number of ether oxygens (including phenoxy) is 2. The van der Waals surface area contributed by atoms with Crippen LogP contribution >= 0.6 is 0 Å². The Kier molecular flexibility index (Phi) is 6.57. The molecule has 2 saturated heterocycles. The zero-order valence-electron chi connectivity index (χ0n) is 19.3. The van der Waals surface area contributed by atoms with E-state index in [4.69, 9.17) is 9.47 Å². The molecule has 0 bridgehead atoms. The van der Waals surface area contributed by atoms with E-state index in [-0.39, 0.29) is 16.4 Å². The van der Waals surface area contributed by atoms with Crippen molar-refractivity contribution in [3.8, 4) is 0 Å². The maximum Gasteiger partial charge on any atom is 0.339 e. The van der Waals surface area contributed by atoms with Gasteiger partial charge in [0.15, 0.2) is 0 Å². The van der Waals surface area contributed by atoms with Gasteiger partial charge in [-0.2, -0.15) is 8.42 Å². The average molecular weight is 498 g/mol. The van der Waals surface area contributed by atoms with Crippen molar-refractivity contribution in [3.63, 3.8) is 0 Å². The number of hydrogen-bond donors (Lipinski definition) is 0. The minimum absolute atomic E-state index is 0.0200. The van der Waals surface area contributed by atoms with Gasteiger partial charge in [-0.3, -0.25) is 4.79 Å². The van der Waals surface area contributed by atoms with Crippen LogP contribution in [0.4, 0.5) is 5.69 Å². The first kappa shape index (κ1) is 23.5. The van der Waals surface area contributed by atoms with Crippen molar-refractivity contribution in [2.45, 2.75) is 36.7 Å². The van der Waals surface area contributed by atoms with Gasteiger partial charge in [0.2, 0.25) is 6.10 Å². The van der Waals surface area contributed by atoms with Crippen LogP contribution in [0.2, 0.25) is 0 Å². The number of esters is 1. The molecule has 1 unspecified atom stereocenters. The van der Waals surface area contributed by atoms with Crippen molar-refractivity contribution in [2.24, 2.45) is 4.40 Å². The predicted octanol–water partition coefficient (Wildman–Crippen LogP) is 2.92. The van der Waals surface area contributed by atoms with Gasteiger partial charge in [-0.15, -0.1) is 4.40 Å². The molecular weight excluding hydrogens is 470 g/mol. The molecule has 10 heteroatoms. The van der Waals surface area contributed by atoms with Gasteiger partial charge in [-0.1, -0.05) is 36.8 Å². The number of amides is 1. The summed E-state index contributed by atoms with van der Waals surface area (Å²) < 4.78 is 40.9. The number of carbonyl (C=O) groups excluding carboxylic acids is 2. The average Bonchev–Trinajstić information content (AvgIpc) is 3.12. The topological polar surface area (TPSA) is 106 Å². The van der Waals surface area contributed by atoms with Gasteiger partial charge >= 0.3 is 5.97 Å². The normalized spacial score (nSPS) is 20.1. The molecule has 3 heterocycles. The summed E-state index contributed by atoms with van der Waals surface area (Å²) in [4.78, 5) is 30.0. The zero-order valence-corrected chi connectivity index (χ0v) is 20.1. The summed E-state index contributed by atoms with van der Waals surface area (Å²) in [7, 11) is -3.95. The third kappa shape index (κ3) is 4.81. The quantitative estimate of drug-likeness (QED) is 0.598. The van der Waals surface area contributed by atoms with Gasteiger partial charge in [-0.25, -0.2) is 4.79 Å². The molecule has 35 heavy (non-hydrogen) atoms. The van der Waals surface area contributed by atoms with E-state index in [9.17, 15) is 18.0 Å². The van der Waals surface area contributed by atoms with E-state index in [2.05, 4.69) is 4.40 Å². The molecule has 9 nitrogen and oxygen atoms in total. The monoisotopic (exact) mass is 497 g/mol. The Morgan fingerprint density at radius 1 is 0.971 bits per heavy atom. The van der Waals surface area contributed by atoms with Gasteiger partial charge in [0, 0.05) is 31.6 Å². The highest BCUT2D eigenvalue weighted by molar-refractivity contribution is 7.90. The molecule has 2 aromatic carbocycles. The molecule has 0 saturated carbocycles. The van der Waals surface area contributed by atoms with Crippen molar-refractivity contribution < 1.29 is 27.5 Å². The number of anilines is 1. The molecule has 0 N–H and O–H groups in total. The van der Waals surface area contributed by atoms with E-state index in [1.807, 2.05) is 11.0 Å². The van der Waals surface area contributed by atoms with E-state index in [0.717, 1.165) is 19.3 Å². The van der Waals surface area contributed by atoms with Gasteiger partial charge in [0.1, 0.15) is 10.7 Å². The van der Waals surface area contributed by atoms with Crippen molar-refractivity contribution in [3.05, 3.63) is 59.7 Å². The van der Waals surface area contributed by atoms with Crippen LogP contribution in [0.15, 0.2) is 57.8 Å². The summed E-state index contributed by atoms with van der Waals surface area (Å²) in [6.45, 7) is 2.33. The molecule has 0 aromatic heterocycles. The van der Waals surface area contributed by atoms with Gasteiger partial charge < -0.3 is 19.3 Å². The lowest BCUT2D eigenvalue weighted by Crippen LogP contribution is -2.44. The summed E-state index contributed by atoms with van der Waals surface area (Å²) in [5.41, 5.74) is 1.12. The van der Waals surface area contributed by atoms with E-state index in [1.54, 1.807) is 41.3 Å². The van der Waals surface area contributed by atoms with Crippen LogP contribution in [0.5, 0.6) is 0 Å². The van der Waals surface area contributed by atoms with Crippen LogP contribution in [0, 0.1) is 0 Å². The fourth-order valence-electron chi connectivity index (χ4n) is 4.62. The lowest BCUT2D eigenvalue weighted by atomic mass is 10.1. The summed E-state index contributed by atoms with van der Waals surface area (Å²) >= 11 is 0. The lowest BCUT2D eigenvalue weighted by Gasteiger charge is -2.31. The Balaban J connectivity index is 1.44. The first-order valence-corrected chi connectivity index (χ1v) is 13.3. The SMILES string of the molecule is O=C(OC(C(=O)N1CCOCC1)c1ccccc1)c1ccc2c(c1)S(=O)(=O)N=C1CCCCCN12. The molecule has 1 atom stereocenters. The molecule has 184 valence electrons. The highest BCUT2D eigenvalue weighted by Crippen LogP contribution is 2.35. The summed E-state index contributed by atoms with van der Waals surface area (Å²) in [6, 6.07) is 13.3. The Labute approximate surface area is 204 Å². The van der Waals surface area contributed by atoms with Crippen LogP contribution < -0.4 is 4.90 Å². The van der Waals surface area contributed by atoms with Gasteiger partial charge in [0.05, 0.1) is 24.5 Å². The molecule has 5 rings (SSSR count). The molecule has 1 amide bonds. The second kappa shape index (κ2) is 9.79. The predicted molar refractivity (Wildman–Crippen MR) is 129 cm³/mol. The third-order valence-corrected chi connectivity index (χ3v) is 7.79. The fraction of sp³-hybridized carbons (Fsp3) is 0.400. The van der Waals surface area contributed by atoms with Crippen LogP contribution in [0.3, 0.4) is 0 Å². The molecule has 2 fully saturated rings. The minimum atomic E-state index is -3.95. The number of amidine groups is 1. The number of benzene rings is 2. The smallest absolute Gasteiger partial charge is 0.339 e. The van der Waals surface area contributed by atoms with Gasteiger partial charge in [0.25, 0.3) is 15.9 Å². The van der Waals surface area contributed by atoms with Crippen molar-refractivity contribution in [1.29, 1.82) is 0 Å². The third-order valence-electron chi connectivity index (χ3n) is 6.46. The van der Waals surface area contributed by atoms with Crippen LogP contribution in [-0.4, -0.2) is 63.9 Å². The Hall–Kier alpha value is -3.24. The number of sulfonamides is 1. The number of morpholine rings is 1. The second-order valence-electron chi connectivity index (χ2n) is 8.76. The van der Waals surface area contributed by atoms with Crippen molar-refractivity contribution in [1.82, 2.24) is 4.90 Å². The van der Waals surface area contributed by atoms with E-state index >= 15 is 0 Å².